The third kappa shape index (κ3) is 5.73. The highest BCUT2D eigenvalue weighted by Gasteiger charge is 2.33. The first-order valence-corrected chi connectivity index (χ1v) is 13.1. The molecular weight excluding hydrogens is 513 g/mol. The number of allylic oxidation sites excluding steroid dienone is 4. The molecule has 1 saturated heterocycles. The molecule has 3 heterocycles. The van der Waals surface area contributed by atoms with Crippen LogP contribution < -0.4 is 5.32 Å². The Hall–Kier alpha value is -2.75. The molecule has 5 rings (SSSR count). The van der Waals surface area contributed by atoms with E-state index in [4.69, 9.17) is 33.0 Å². The summed E-state index contributed by atoms with van der Waals surface area (Å²) in [6.45, 7) is 2.73. The molecule has 0 spiro atoms. The van der Waals surface area contributed by atoms with Crippen LogP contribution in [0.25, 0.3) is 0 Å². The van der Waals surface area contributed by atoms with E-state index in [9.17, 15) is 9.90 Å². The number of amidine groups is 1. The van der Waals surface area contributed by atoms with Crippen molar-refractivity contribution in [3.8, 4) is 0 Å². The Morgan fingerprint density at radius 1 is 1.24 bits per heavy atom. The molecule has 0 radical (unpaired) electrons. The van der Waals surface area contributed by atoms with Crippen molar-refractivity contribution in [1.29, 1.82) is 0 Å². The minimum absolute atomic E-state index is 0.252. The van der Waals surface area contributed by atoms with Crippen LogP contribution in [-0.2, 0) is 16.2 Å². The maximum atomic E-state index is 13.6. The quantitative estimate of drug-likeness (QED) is 0.573. The van der Waals surface area contributed by atoms with Gasteiger partial charge in [-0.3, -0.25) is 14.5 Å². The van der Waals surface area contributed by atoms with Crippen LogP contribution in [0, 0.1) is 0 Å². The number of carbonyl (C=O) groups is 1. The van der Waals surface area contributed by atoms with Crippen molar-refractivity contribution in [1.82, 2.24) is 9.96 Å². The Morgan fingerprint density at radius 3 is 2.86 bits per heavy atom. The van der Waals surface area contributed by atoms with Gasteiger partial charge in [-0.1, -0.05) is 53.6 Å². The highest BCUT2D eigenvalue weighted by molar-refractivity contribution is 6.38. The van der Waals surface area contributed by atoms with Gasteiger partial charge in [0, 0.05) is 46.5 Å². The molecule has 10 heteroatoms. The summed E-state index contributed by atoms with van der Waals surface area (Å²) in [6.07, 6.45) is 8.03. The van der Waals surface area contributed by atoms with Crippen LogP contribution in [-0.4, -0.2) is 65.6 Å². The number of aliphatic hydroxyl groups is 1. The third-order valence-corrected chi connectivity index (χ3v) is 7.42. The summed E-state index contributed by atoms with van der Waals surface area (Å²) in [4.78, 5) is 30.6. The number of halogens is 2. The lowest BCUT2D eigenvalue weighted by Gasteiger charge is -2.23. The van der Waals surface area contributed by atoms with E-state index in [1.807, 2.05) is 36.4 Å². The van der Waals surface area contributed by atoms with E-state index in [0.29, 0.717) is 58.9 Å². The molecule has 0 saturated carbocycles. The number of anilines is 1. The molecule has 3 aliphatic heterocycles. The molecule has 0 bridgehead atoms. The number of carbonyl (C=O) groups excluding carboxylic acids is 1. The van der Waals surface area contributed by atoms with E-state index in [-0.39, 0.29) is 12.0 Å². The molecule has 1 aromatic carbocycles. The second-order valence-electron chi connectivity index (χ2n) is 9.31. The first kappa shape index (κ1) is 25.9. The molecule has 1 unspecified atom stereocenters. The summed E-state index contributed by atoms with van der Waals surface area (Å²) >= 11 is 13.0. The summed E-state index contributed by atoms with van der Waals surface area (Å²) in [5.41, 5.74) is 3.73. The second-order valence-corrected chi connectivity index (χ2v) is 10.2. The van der Waals surface area contributed by atoms with E-state index >= 15 is 0 Å². The molecule has 1 aliphatic carbocycles. The molecule has 37 heavy (non-hydrogen) atoms. The van der Waals surface area contributed by atoms with Crippen LogP contribution >= 0.6 is 23.2 Å². The number of aliphatic hydroxyl groups excluding tert-OH is 1. The van der Waals surface area contributed by atoms with Crippen LogP contribution in [0.5, 0.6) is 0 Å². The van der Waals surface area contributed by atoms with Crippen molar-refractivity contribution in [2.75, 3.05) is 32.1 Å². The summed E-state index contributed by atoms with van der Waals surface area (Å²) in [5.74, 6) is 0.362. The Labute approximate surface area is 226 Å². The molecule has 4 aliphatic rings. The van der Waals surface area contributed by atoms with Crippen LogP contribution in [0.2, 0.25) is 0 Å². The zero-order chi connectivity index (χ0) is 25.9. The molecule has 194 valence electrons. The van der Waals surface area contributed by atoms with Gasteiger partial charge in [-0.25, -0.2) is 4.99 Å². The van der Waals surface area contributed by atoms with Crippen molar-refractivity contribution in [3.05, 3.63) is 74.8 Å². The number of nitrogens with one attached hydrogen (secondary N) is 1. The molecule has 0 aromatic heterocycles. The van der Waals surface area contributed by atoms with Crippen molar-refractivity contribution in [3.63, 3.8) is 0 Å². The largest absolute Gasteiger partial charge is 0.392 e. The smallest absolute Gasteiger partial charge is 0.284 e. The number of nitrogens with zero attached hydrogens (tertiary/aromatic N) is 4. The normalized spacial score (nSPS) is 22.9. The van der Waals surface area contributed by atoms with Crippen molar-refractivity contribution in [2.45, 2.75) is 38.3 Å². The van der Waals surface area contributed by atoms with Gasteiger partial charge in [-0.05, 0) is 49.0 Å². The van der Waals surface area contributed by atoms with Gasteiger partial charge in [0.1, 0.15) is 0 Å². The van der Waals surface area contributed by atoms with Gasteiger partial charge in [0.2, 0.25) is 5.96 Å². The number of hydrogen-bond acceptors (Lipinski definition) is 7. The highest BCUT2D eigenvalue weighted by atomic mass is 35.5. The fraction of sp³-hybridized carbons (Fsp3) is 0.370. The van der Waals surface area contributed by atoms with Crippen LogP contribution in [0.3, 0.4) is 0 Å². The number of likely N-dealkylation sites (tertiary alicyclic amines) is 1. The van der Waals surface area contributed by atoms with E-state index in [1.54, 1.807) is 0 Å². The van der Waals surface area contributed by atoms with E-state index in [1.165, 1.54) is 12.2 Å². The average molecular weight is 542 g/mol. The highest BCUT2D eigenvalue weighted by Crippen LogP contribution is 2.37. The lowest BCUT2D eigenvalue weighted by atomic mass is 9.97. The standard InChI is InChI=1S/C27H29Cl2N5O3/c1-37-34-25-18(8-9-21(26(34)36)24-22(28)6-3-7-23(24)29)10-12-30-27(32-25)31-19-5-2-4-17(14-19)15-33-13-11-20(35)16-33/h2,4-6,9-10,14,20,35H,3,7-8,11-13,15-16H2,1H3,(H,30,31). The second kappa shape index (κ2) is 11.3. The monoisotopic (exact) mass is 541 g/mol. The molecule has 1 atom stereocenters. The first-order chi connectivity index (χ1) is 17.9. The fourth-order valence-electron chi connectivity index (χ4n) is 4.89. The number of fused-ring (bicyclic) bond motifs is 1. The van der Waals surface area contributed by atoms with E-state index in [0.717, 1.165) is 42.8 Å². The van der Waals surface area contributed by atoms with Crippen molar-refractivity contribution >= 4 is 46.6 Å². The van der Waals surface area contributed by atoms with Gasteiger partial charge in [0.25, 0.3) is 5.91 Å². The molecule has 1 fully saturated rings. The van der Waals surface area contributed by atoms with Gasteiger partial charge >= 0.3 is 0 Å². The molecule has 1 amide bonds. The molecule has 2 N–H and O–H groups in total. The number of aliphatic imine (C=N–C) groups is 2. The Balaban J connectivity index is 1.38. The number of benzene rings is 1. The molecule has 8 nitrogen and oxygen atoms in total. The number of hydroxylamine groups is 2. The van der Waals surface area contributed by atoms with Gasteiger partial charge in [0.15, 0.2) is 5.84 Å². The minimum atomic E-state index is -0.387. The van der Waals surface area contributed by atoms with Crippen LogP contribution in [0.1, 0.15) is 31.2 Å². The summed E-state index contributed by atoms with van der Waals surface area (Å²) in [6, 6.07) is 8.03. The Kier molecular flexibility index (Phi) is 7.92. The predicted octanol–water partition coefficient (Wildman–Crippen LogP) is 4.49. The number of amides is 1. The van der Waals surface area contributed by atoms with Gasteiger partial charge in [-0.2, -0.15) is 10.1 Å². The average Bonchev–Trinajstić information content (AvgIpc) is 3.10. The first-order valence-electron chi connectivity index (χ1n) is 12.4. The lowest BCUT2D eigenvalue weighted by Crippen LogP contribution is -2.38. The van der Waals surface area contributed by atoms with E-state index in [2.05, 4.69) is 21.3 Å². The number of guanidine groups is 1. The molecular formula is C27H29Cl2N5O3. The predicted molar refractivity (Wildman–Crippen MR) is 146 cm³/mol. The van der Waals surface area contributed by atoms with Crippen molar-refractivity contribution in [2.24, 2.45) is 9.98 Å². The minimum Gasteiger partial charge on any atom is -0.392 e. The zero-order valence-electron chi connectivity index (χ0n) is 20.6. The van der Waals surface area contributed by atoms with E-state index < -0.39 is 0 Å². The number of β-amino-alcohol motifs (C(OH)–C–C–N with tert-alkyl or cyclic N) is 1. The van der Waals surface area contributed by atoms with Gasteiger partial charge < -0.3 is 10.4 Å². The lowest BCUT2D eigenvalue weighted by molar-refractivity contribution is -0.150. The number of rotatable bonds is 5. The summed E-state index contributed by atoms with van der Waals surface area (Å²) in [5, 5.41) is 15.3. The molecule has 1 aromatic rings. The third-order valence-electron chi connectivity index (χ3n) is 6.70. The van der Waals surface area contributed by atoms with Gasteiger partial charge in [-0.15, -0.1) is 0 Å². The summed E-state index contributed by atoms with van der Waals surface area (Å²) in [7, 11) is 1.43. The Morgan fingerprint density at radius 2 is 2.11 bits per heavy atom. The summed E-state index contributed by atoms with van der Waals surface area (Å²) < 4.78 is 0. The SMILES string of the molecule is CON1C(=O)C(C2=C(Cl)CCC=C2Cl)=CCC2=CCN=C(Nc3cccc(CN4CCC(O)C4)c3)N=C21. The van der Waals surface area contributed by atoms with Crippen LogP contribution in [0.4, 0.5) is 5.69 Å². The maximum Gasteiger partial charge on any atom is 0.284 e. The zero-order valence-corrected chi connectivity index (χ0v) is 22.1. The van der Waals surface area contributed by atoms with Crippen LogP contribution in [0.15, 0.2) is 79.3 Å². The van der Waals surface area contributed by atoms with Crippen molar-refractivity contribution < 1.29 is 14.7 Å². The number of hydrogen-bond donors (Lipinski definition) is 2. The maximum absolute atomic E-state index is 13.6. The fourth-order valence-corrected chi connectivity index (χ4v) is 5.58. The van der Waals surface area contributed by atoms with Gasteiger partial charge in [0.05, 0.1) is 19.8 Å². The Bertz CT molecular complexity index is 1280. The topological polar surface area (TPSA) is 89.8 Å².